The molecule has 0 aromatic rings. The molecule has 4 saturated carbocycles. The Labute approximate surface area is 239 Å². The fraction of sp³-hybridized carbons (Fsp3) is 0.969. The monoisotopic (exact) mass is 567 g/mol. The minimum Gasteiger partial charge on any atom is -0.356 e. The quantitative estimate of drug-likeness (QED) is 0.164. The molecule has 6 nitrogen and oxygen atoms in total. The molecule has 0 aromatic carbocycles. The van der Waals surface area contributed by atoms with Crippen LogP contribution in [0.5, 0.6) is 0 Å². The summed E-state index contributed by atoms with van der Waals surface area (Å²) in [5.41, 5.74) is 1.08. The second kappa shape index (κ2) is 12.3. The molecule has 0 saturated heterocycles. The summed E-state index contributed by atoms with van der Waals surface area (Å²) in [5, 5.41) is 3.13. The number of nitrogens with zero attached hydrogens (tertiary/aromatic N) is 1. The average molecular weight is 568 g/mol. The molecule has 0 heterocycles. The van der Waals surface area contributed by atoms with Gasteiger partial charge in [-0.05, 0) is 104 Å². The Morgan fingerprint density at radius 1 is 0.949 bits per heavy atom. The Kier molecular flexibility index (Phi) is 9.86. The van der Waals surface area contributed by atoms with Gasteiger partial charge in [0.25, 0.3) is 10.1 Å². The SMILES string of the molecule is C[C@H](CCC(=O)NCCC[N+](C)(C)CCCS(=O)(=O)O)C1CCC2C3CCC4CCCC[C@]4(C)C3CC[C@@]21C. The van der Waals surface area contributed by atoms with Gasteiger partial charge in [-0.15, -0.1) is 0 Å². The van der Waals surface area contributed by atoms with E-state index in [1.807, 2.05) is 0 Å². The average Bonchev–Trinajstić information content (AvgIpc) is 3.21. The molecule has 4 aliphatic rings. The summed E-state index contributed by atoms with van der Waals surface area (Å²) < 4.78 is 31.5. The van der Waals surface area contributed by atoms with Gasteiger partial charge in [0.2, 0.25) is 5.91 Å². The van der Waals surface area contributed by atoms with E-state index in [4.69, 9.17) is 4.55 Å². The number of hydrogen-bond acceptors (Lipinski definition) is 3. The Morgan fingerprint density at radius 3 is 2.41 bits per heavy atom. The van der Waals surface area contributed by atoms with Crippen LogP contribution in [0.1, 0.15) is 111 Å². The summed E-state index contributed by atoms with van der Waals surface area (Å²) >= 11 is 0. The zero-order valence-electron chi connectivity index (χ0n) is 25.7. The van der Waals surface area contributed by atoms with Crippen molar-refractivity contribution in [3.8, 4) is 0 Å². The topological polar surface area (TPSA) is 83.5 Å². The van der Waals surface area contributed by atoms with Crippen molar-refractivity contribution in [2.24, 2.45) is 46.3 Å². The maximum atomic E-state index is 12.7. The van der Waals surface area contributed by atoms with Crippen molar-refractivity contribution in [1.82, 2.24) is 5.32 Å². The number of nitrogens with one attached hydrogen (secondary N) is 1. The number of hydrogen-bond donors (Lipinski definition) is 2. The van der Waals surface area contributed by atoms with Gasteiger partial charge in [0.05, 0.1) is 32.9 Å². The standard InChI is InChI=1S/C32H58N2O4S/c1-24(11-16-30(35)33-20-8-21-34(4,5)22-9-23-39(36,37)38)27-14-15-28-26-13-12-25-10-6-7-18-31(25,2)29(26)17-19-32(27,28)3/h24-29H,6-23H2,1-5H3,(H-,33,35,36,37,38)/p+1/t24-,25?,26?,27?,28?,29?,31+,32-/m1/s1. The van der Waals surface area contributed by atoms with E-state index < -0.39 is 10.1 Å². The van der Waals surface area contributed by atoms with Crippen molar-refractivity contribution in [2.45, 2.75) is 111 Å². The van der Waals surface area contributed by atoms with Crippen molar-refractivity contribution in [1.29, 1.82) is 0 Å². The maximum Gasteiger partial charge on any atom is 0.265 e. The number of fused-ring (bicyclic) bond motifs is 5. The molecule has 0 aliphatic heterocycles. The number of rotatable bonds is 12. The van der Waals surface area contributed by atoms with Crippen molar-refractivity contribution in [3.05, 3.63) is 0 Å². The Hall–Kier alpha value is -0.660. The largest absolute Gasteiger partial charge is 0.356 e. The van der Waals surface area contributed by atoms with Crippen LogP contribution in [0, 0.1) is 46.3 Å². The van der Waals surface area contributed by atoms with E-state index >= 15 is 0 Å². The zero-order valence-corrected chi connectivity index (χ0v) is 26.5. The molecule has 4 rings (SSSR count). The Morgan fingerprint density at radius 2 is 1.67 bits per heavy atom. The number of carbonyl (C=O) groups excluding carboxylic acids is 1. The summed E-state index contributed by atoms with van der Waals surface area (Å²) in [6.45, 7) is 9.95. The van der Waals surface area contributed by atoms with Gasteiger partial charge in [-0.25, -0.2) is 0 Å². The molecule has 4 aliphatic carbocycles. The van der Waals surface area contributed by atoms with Gasteiger partial charge in [0.1, 0.15) is 0 Å². The van der Waals surface area contributed by atoms with Crippen LogP contribution in [-0.4, -0.2) is 62.8 Å². The summed E-state index contributed by atoms with van der Waals surface area (Å²) in [6, 6.07) is 0. The molecule has 2 N–H and O–H groups in total. The lowest BCUT2D eigenvalue weighted by molar-refractivity contribution is -0.890. The highest BCUT2D eigenvalue weighted by Crippen LogP contribution is 2.68. The van der Waals surface area contributed by atoms with Crippen LogP contribution < -0.4 is 5.32 Å². The van der Waals surface area contributed by atoms with Gasteiger partial charge in [-0.3, -0.25) is 9.35 Å². The molecular formula is C32H59N2O4S+. The van der Waals surface area contributed by atoms with E-state index in [9.17, 15) is 13.2 Å². The fourth-order valence-corrected chi connectivity index (χ4v) is 10.9. The second-order valence-corrected chi connectivity index (χ2v) is 16.9. The van der Waals surface area contributed by atoms with Crippen LogP contribution in [0.4, 0.5) is 0 Å². The molecule has 4 fully saturated rings. The first-order chi connectivity index (χ1) is 18.3. The van der Waals surface area contributed by atoms with Crippen molar-refractivity contribution >= 4 is 16.0 Å². The van der Waals surface area contributed by atoms with Crippen molar-refractivity contribution in [2.75, 3.05) is 39.5 Å². The molecule has 39 heavy (non-hydrogen) atoms. The lowest BCUT2D eigenvalue weighted by Gasteiger charge is -2.61. The second-order valence-electron chi connectivity index (χ2n) is 15.4. The van der Waals surface area contributed by atoms with Crippen LogP contribution in [-0.2, 0) is 14.9 Å². The Bertz CT molecular complexity index is 952. The van der Waals surface area contributed by atoms with E-state index in [2.05, 4.69) is 40.2 Å². The summed E-state index contributed by atoms with van der Waals surface area (Å²) in [6.07, 6.45) is 17.4. The van der Waals surface area contributed by atoms with Crippen LogP contribution in [0.2, 0.25) is 0 Å². The lowest BCUT2D eigenvalue weighted by atomic mass is 9.44. The minimum absolute atomic E-state index is 0.172. The molecule has 7 heteroatoms. The molecule has 1 amide bonds. The molecule has 5 unspecified atom stereocenters. The van der Waals surface area contributed by atoms with Gasteiger partial charge in [-0.2, -0.15) is 8.42 Å². The van der Waals surface area contributed by atoms with E-state index in [0.29, 0.717) is 47.2 Å². The maximum absolute atomic E-state index is 12.7. The summed E-state index contributed by atoms with van der Waals surface area (Å²) in [7, 11) is 0.241. The van der Waals surface area contributed by atoms with Gasteiger partial charge in [0, 0.05) is 25.8 Å². The fourth-order valence-electron chi connectivity index (χ4n) is 10.4. The van der Waals surface area contributed by atoms with Crippen LogP contribution in [0.25, 0.3) is 0 Å². The smallest absolute Gasteiger partial charge is 0.265 e. The van der Waals surface area contributed by atoms with Crippen molar-refractivity contribution < 1.29 is 22.2 Å². The molecule has 0 spiro atoms. The molecule has 0 radical (unpaired) electrons. The minimum atomic E-state index is -3.89. The molecular weight excluding hydrogens is 508 g/mol. The van der Waals surface area contributed by atoms with Crippen LogP contribution in [0.3, 0.4) is 0 Å². The summed E-state index contributed by atoms with van der Waals surface area (Å²) in [5.74, 6) is 5.13. The number of quaternary nitrogens is 1. The first-order valence-corrected chi connectivity index (χ1v) is 17.9. The van der Waals surface area contributed by atoms with Gasteiger partial charge in [-0.1, -0.05) is 33.6 Å². The lowest BCUT2D eigenvalue weighted by Crippen LogP contribution is -2.53. The van der Waals surface area contributed by atoms with Crippen molar-refractivity contribution in [3.63, 3.8) is 0 Å². The number of carbonyl (C=O) groups is 1. The highest BCUT2D eigenvalue weighted by molar-refractivity contribution is 7.85. The third-order valence-corrected chi connectivity index (χ3v) is 13.4. The normalized spacial score (nSPS) is 37.4. The summed E-state index contributed by atoms with van der Waals surface area (Å²) in [4.78, 5) is 12.7. The first-order valence-electron chi connectivity index (χ1n) is 16.3. The Balaban J connectivity index is 1.20. The highest BCUT2D eigenvalue weighted by Gasteiger charge is 2.60. The molecule has 226 valence electrons. The van der Waals surface area contributed by atoms with E-state index in [1.54, 1.807) is 0 Å². The molecule has 0 aromatic heterocycles. The highest BCUT2D eigenvalue weighted by atomic mass is 32.2. The first kappa shape index (κ1) is 31.3. The third kappa shape index (κ3) is 7.23. The molecule has 8 atom stereocenters. The third-order valence-electron chi connectivity index (χ3n) is 12.6. The van der Waals surface area contributed by atoms with Gasteiger partial charge >= 0.3 is 0 Å². The predicted molar refractivity (Wildman–Crippen MR) is 159 cm³/mol. The zero-order chi connectivity index (χ0) is 28.5. The van der Waals surface area contributed by atoms with E-state index in [1.165, 1.54) is 64.2 Å². The van der Waals surface area contributed by atoms with Crippen LogP contribution in [0.15, 0.2) is 0 Å². The van der Waals surface area contributed by atoms with E-state index in [-0.39, 0.29) is 11.7 Å². The van der Waals surface area contributed by atoms with Gasteiger partial charge in [0.15, 0.2) is 0 Å². The van der Waals surface area contributed by atoms with Gasteiger partial charge < -0.3 is 9.80 Å². The van der Waals surface area contributed by atoms with Crippen LogP contribution >= 0.6 is 0 Å². The van der Waals surface area contributed by atoms with E-state index in [0.717, 1.165) is 49.0 Å². The predicted octanol–water partition coefficient (Wildman–Crippen LogP) is 6.31. The molecule has 0 bridgehead atoms. The number of amides is 1.